The van der Waals surface area contributed by atoms with Gasteiger partial charge in [-0.05, 0) is 64.6 Å². The van der Waals surface area contributed by atoms with Gasteiger partial charge in [-0.25, -0.2) is 4.79 Å². The molecule has 0 spiro atoms. The molecule has 1 aromatic rings. The maximum Gasteiger partial charge on any atom is 0.410 e. The number of nitrogens with zero attached hydrogens (tertiary/aromatic N) is 1. The van der Waals surface area contributed by atoms with Gasteiger partial charge in [0.05, 0.1) is 0 Å². The number of benzene rings is 1. The van der Waals surface area contributed by atoms with E-state index in [-0.39, 0.29) is 6.09 Å². The summed E-state index contributed by atoms with van der Waals surface area (Å²) in [5.74, 6) is 0. The van der Waals surface area contributed by atoms with E-state index in [0.717, 1.165) is 25.9 Å². The van der Waals surface area contributed by atoms with Crippen molar-refractivity contribution in [2.45, 2.75) is 58.6 Å². The van der Waals surface area contributed by atoms with Crippen molar-refractivity contribution in [2.75, 3.05) is 19.6 Å². The Hall–Kier alpha value is -1.55. The van der Waals surface area contributed by atoms with E-state index in [1.807, 2.05) is 27.7 Å². The van der Waals surface area contributed by atoms with Gasteiger partial charge in [0.2, 0.25) is 0 Å². The zero-order valence-electron chi connectivity index (χ0n) is 14.9. The lowest BCUT2D eigenvalue weighted by Crippen LogP contribution is -2.38. The third-order valence-corrected chi connectivity index (χ3v) is 4.16. The van der Waals surface area contributed by atoms with Crippen molar-refractivity contribution in [3.8, 4) is 0 Å². The highest BCUT2D eigenvalue weighted by Crippen LogP contribution is 2.30. The van der Waals surface area contributed by atoms with Crippen molar-refractivity contribution in [1.29, 1.82) is 0 Å². The summed E-state index contributed by atoms with van der Waals surface area (Å²) in [6.07, 6.45) is 3.05. The monoisotopic (exact) mass is 318 g/mol. The number of hydrogen-bond donors (Lipinski definition) is 1. The van der Waals surface area contributed by atoms with E-state index in [9.17, 15) is 4.79 Å². The molecule has 1 N–H and O–H groups in total. The summed E-state index contributed by atoms with van der Waals surface area (Å²) < 4.78 is 5.43. The van der Waals surface area contributed by atoms with Crippen LogP contribution in [0.15, 0.2) is 24.3 Å². The maximum absolute atomic E-state index is 12.1. The summed E-state index contributed by atoms with van der Waals surface area (Å²) in [6.45, 7) is 10.0. The Bertz CT molecular complexity index is 522. The van der Waals surface area contributed by atoms with E-state index in [2.05, 4.69) is 29.6 Å². The molecule has 1 aliphatic rings. The molecule has 0 saturated carbocycles. The Labute approximate surface area is 140 Å². The van der Waals surface area contributed by atoms with Crippen molar-refractivity contribution >= 4 is 6.09 Å². The summed E-state index contributed by atoms with van der Waals surface area (Å²) >= 11 is 0. The fourth-order valence-corrected chi connectivity index (χ4v) is 3.02. The predicted octanol–water partition coefficient (Wildman–Crippen LogP) is 3.91. The molecule has 23 heavy (non-hydrogen) atoms. The Morgan fingerprint density at radius 3 is 2.78 bits per heavy atom. The quantitative estimate of drug-likeness (QED) is 0.809. The molecule has 0 aromatic heterocycles. The molecule has 2 rings (SSSR count). The van der Waals surface area contributed by atoms with Gasteiger partial charge in [0.15, 0.2) is 0 Å². The first-order valence-electron chi connectivity index (χ1n) is 8.70. The van der Waals surface area contributed by atoms with Crippen LogP contribution in [-0.2, 0) is 11.2 Å². The standard InChI is InChI=1S/C19H30N2O2/c1-5-21(18(22)23-19(2,3)4)14-8-13-20-17-12-11-15-9-6-7-10-16(15)17/h6-7,9-10,17,20H,5,8,11-14H2,1-4H3. The van der Waals surface area contributed by atoms with Crippen molar-refractivity contribution in [3.63, 3.8) is 0 Å². The van der Waals surface area contributed by atoms with Crippen molar-refractivity contribution < 1.29 is 9.53 Å². The van der Waals surface area contributed by atoms with Gasteiger partial charge >= 0.3 is 6.09 Å². The van der Waals surface area contributed by atoms with Gasteiger partial charge in [-0.3, -0.25) is 0 Å². The second kappa shape index (κ2) is 7.82. The van der Waals surface area contributed by atoms with Crippen LogP contribution in [0.1, 0.15) is 57.7 Å². The molecular weight excluding hydrogens is 288 g/mol. The van der Waals surface area contributed by atoms with Gasteiger partial charge in [0.1, 0.15) is 5.60 Å². The highest BCUT2D eigenvalue weighted by molar-refractivity contribution is 5.68. The van der Waals surface area contributed by atoms with E-state index in [0.29, 0.717) is 12.6 Å². The largest absolute Gasteiger partial charge is 0.444 e. The first-order chi connectivity index (χ1) is 10.9. The molecule has 4 heteroatoms. The molecule has 1 amide bonds. The number of fused-ring (bicyclic) bond motifs is 1. The summed E-state index contributed by atoms with van der Waals surface area (Å²) in [6, 6.07) is 9.13. The van der Waals surface area contributed by atoms with Crippen LogP contribution in [0.5, 0.6) is 0 Å². The molecule has 1 unspecified atom stereocenters. The fraction of sp³-hybridized carbons (Fsp3) is 0.632. The van der Waals surface area contributed by atoms with Crippen LogP contribution >= 0.6 is 0 Å². The van der Waals surface area contributed by atoms with Crippen LogP contribution < -0.4 is 5.32 Å². The molecule has 1 atom stereocenters. The van der Waals surface area contributed by atoms with Crippen LogP contribution in [0.2, 0.25) is 0 Å². The van der Waals surface area contributed by atoms with Gasteiger partial charge < -0.3 is 15.0 Å². The average molecular weight is 318 g/mol. The second-order valence-electron chi connectivity index (χ2n) is 7.16. The summed E-state index contributed by atoms with van der Waals surface area (Å²) in [5, 5.41) is 3.63. The average Bonchev–Trinajstić information content (AvgIpc) is 2.89. The van der Waals surface area contributed by atoms with E-state index in [1.165, 1.54) is 17.5 Å². The molecule has 0 bridgehead atoms. The molecule has 1 aromatic carbocycles. The lowest BCUT2D eigenvalue weighted by molar-refractivity contribution is 0.0258. The number of amides is 1. The maximum atomic E-state index is 12.1. The normalized spacial score (nSPS) is 17.0. The first-order valence-corrected chi connectivity index (χ1v) is 8.70. The molecule has 0 aliphatic heterocycles. The minimum absolute atomic E-state index is 0.216. The zero-order chi connectivity index (χ0) is 16.9. The van der Waals surface area contributed by atoms with E-state index in [1.54, 1.807) is 4.90 Å². The minimum Gasteiger partial charge on any atom is -0.444 e. The number of carbonyl (C=O) groups is 1. The van der Waals surface area contributed by atoms with Gasteiger partial charge in [0.25, 0.3) is 0 Å². The topological polar surface area (TPSA) is 41.6 Å². The molecule has 0 radical (unpaired) electrons. The van der Waals surface area contributed by atoms with Crippen LogP contribution in [-0.4, -0.2) is 36.2 Å². The van der Waals surface area contributed by atoms with Crippen LogP contribution in [0.4, 0.5) is 4.79 Å². The van der Waals surface area contributed by atoms with Crippen molar-refractivity contribution in [3.05, 3.63) is 35.4 Å². The molecule has 0 heterocycles. The lowest BCUT2D eigenvalue weighted by atomic mass is 10.1. The summed E-state index contributed by atoms with van der Waals surface area (Å²) in [5.41, 5.74) is 2.47. The van der Waals surface area contributed by atoms with Crippen molar-refractivity contribution in [2.24, 2.45) is 0 Å². The van der Waals surface area contributed by atoms with Crippen molar-refractivity contribution in [1.82, 2.24) is 10.2 Å². The van der Waals surface area contributed by atoms with Crippen LogP contribution in [0, 0.1) is 0 Å². The summed E-state index contributed by atoms with van der Waals surface area (Å²) in [7, 11) is 0. The first kappa shape index (κ1) is 17.8. The number of rotatable bonds is 6. The van der Waals surface area contributed by atoms with Crippen LogP contribution in [0.3, 0.4) is 0 Å². The van der Waals surface area contributed by atoms with E-state index < -0.39 is 5.60 Å². The van der Waals surface area contributed by atoms with E-state index in [4.69, 9.17) is 4.74 Å². The Kier molecular flexibility index (Phi) is 6.05. The van der Waals surface area contributed by atoms with Gasteiger partial charge in [0, 0.05) is 19.1 Å². The lowest BCUT2D eigenvalue weighted by Gasteiger charge is -2.26. The number of ether oxygens (including phenoxy) is 1. The summed E-state index contributed by atoms with van der Waals surface area (Å²) in [4.78, 5) is 13.9. The smallest absolute Gasteiger partial charge is 0.410 e. The number of aryl methyl sites for hydroxylation is 1. The highest BCUT2D eigenvalue weighted by atomic mass is 16.6. The number of carbonyl (C=O) groups excluding carboxylic acids is 1. The van der Waals surface area contributed by atoms with Gasteiger partial charge in [-0.2, -0.15) is 0 Å². The second-order valence-corrected chi connectivity index (χ2v) is 7.16. The molecule has 0 fully saturated rings. The fourth-order valence-electron chi connectivity index (χ4n) is 3.02. The molecule has 128 valence electrons. The number of nitrogens with one attached hydrogen (secondary N) is 1. The predicted molar refractivity (Wildman–Crippen MR) is 93.6 cm³/mol. The molecule has 0 saturated heterocycles. The third-order valence-electron chi connectivity index (χ3n) is 4.16. The van der Waals surface area contributed by atoms with Gasteiger partial charge in [-0.15, -0.1) is 0 Å². The van der Waals surface area contributed by atoms with Gasteiger partial charge in [-0.1, -0.05) is 24.3 Å². The SMILES string of the molecule is CCN(CCCNC1CCc2ccccc21)C(=O)OC(C)(C)C. The molecule has 4 nitrogen and oxygen atoms in total. The van der Waals surface area contributed by atoms with Crippen LogP contribution in [0.25, 0.3) is 0 Å². The Balaban J connectivity index is 1.73. The molecule has 1 aliphatic carbocycles. The highest BCUT2D eigenvalue weighted by Gasteiger charge is 2.22. The number of hydrogen-bond acceptors (Lipinski definition) is 3. The Morgan fingerprint density at radius 2 is 2.09 bits per heavy atom. The van der Waals surface area contributed by atoms with E-state index >= 15 is 0 Å². The zero-order valence-corrected chi connectivity index (χ0v) is 14.9. The third kappa shape index (κ3) is 5.24. The minimum atomic E-state index is -0.434. The Morgan fingerprint density at radius 1 is 1.35 bits per heavy atom. The molecular formula is C19H30N2O2.